The van der Waals surface area contributed by atoms with Gasteiger partial charge in [0.1, 0.15) is 27.9 Å². The van der Waals surface area contributed by atoms with Gasteiger partial charge in [-0.05, 0) is 49.4 Å². The Kier molecular flexibility index (Phi) is 6.30. The Labute approximate surface area is 188 Å². The molecular formula is C24H18ClNO4S. The molecule has 3 aromatic rings. The normalized spacial score (nSPS) is 16.3. The van der Waals surface area contributed by atoms with E-state index in [0.717, 1.165) is 5.56 Å². The van der Waals surface area contributed by atoms with Gasteiger partial charge in [0.05, 0.1) is 17.2 Å². The molecule has 7 heteroatoms. The molecule has 31 heavy (non-hydrogen) atoms. The van der Waals surface area contributed by atoms with Crippen molar-refractivity contribution in [3.05, 3.63) is 93.8 Å². The summed E-state index contributed by atoms with van der Waals surface area (Å²) in [5.74, 6) is 0.362. The quantitative estimate of drug-likeness (QED) is 0.432. The number of para-hydroxylation sites is 1. The Morgan fingerprint density at radius 2 is 1.97 bits per heavy atom. The van der Waals surface area contributed by atoms with Crippen molar-refractivity contribution in [2.24, 2.45) is 4.99 Å². The number of esters is 1. The number of halogens is 1. The molecule has 0 spiro atoms. The summed E-state index contributed by atoms with van der Waals surface area (Å²) < 4.78 is 11.0. The molecule has 0 radical (unpaired) electrons. The Hall–Kier alpha value is -3.22. The van der Waals surface area contributed by atoms with Crippen LogP contribution < -0.4 is 0 Å². The third kappa shape index (κ3) is 4.76. The van der Waals surface area contributed by atoms with Crippen molar-refractivity contribution >= 4 is 46.1 Å². The van der Waals surface area contributed by atoms with Gasteiger partial charge in [0.25, 0.3) is 0 Å². The van der Waals surface area contributed by atoms with Crippen LogP contribution in [0.25, 0.3) is 17.4 Å². The monoisotopic (exact) mass is 451 g/mol. The van der Waals surface area contributed by atoms with E-state index in [9.17, 15) is 9.90 Å². The van der Waals surface area contributed by atoms with E-state index in [-0.39, 0.29) is 17.9 Å². The van der Waals surface area contributed by atoms with Crippen molar-refractivity contribution in [3.63, 3.8) is 0 Å². The third-order valence-corrected chi connectivity index (χ3v) is 5.62. The van der Waals surface area contributed by atoms with Gasteiger partial charge < -0.3 is 14.3 Å². The van der Waals surface area contributed by atoms with E-state index in [1.807, 2.05) is 54.6 Å². The van der Waals surface area contributed by atoms with Crippen LogP contribution in [0.2, 0.25) is 5.02 Å². The fourth-order valence-corrected chi connectivity index (χ4v) is 4.17. The van der Waals surface area contributed by atoms with E-state index < -0.39 is 5.97 Å². The number of aliphatic imine (C=N–C) groups is 1. The summed E-state index contributed by atoms with van der Waals surface area (Å²) in [5, 5.41) is 11.7. The van der Waals surface area contributed by atoms with Crippen molar-refractivity contribution in [3.8, 4) is 11.3 Å². The van der Waals surface area contributed by atoms with Crippen LogP contribution in [0.3, 0.4) is 0 Å². The SMILES string of the molecule is CCOC(=O)C1=C(O)/C(=C/c2ccc(-c3cccc(Cl)c3)o2)SC1=Nc1ccccc1. The van der Waals surface area contributed by atoms with Crippen molar-refractivity contribution < 1.29 is 19.1 Å². The molecule has 4 rings (SSSR count). The lowest BCUT2D eigenvalue weighted by molar-refractivity contribution is -0.138. The summed E-state index contributed by atoms with van der Waals surface area (Å²) in [6.45, 7) is 1.90. The van der Waals surface area contributed by atoms with Crippen molar-refractivity contribution in [2.75, 3.05) is 6.61 Å². The topological polar surface area (TPSA) is 72.0 Å². The first kappa shape index (κ1) is 21.0. The van der Waals surface area contributed by atoms with E-state index in [1.54, 1.807) is 25.1 Å². The molecule has 5 nitrogen and oxygen atoms in total. The number of benzene rings is 2. The molecule has 2 aromatic carbocycles. The second-order valence-corrected chi connectivity index (χ2v) is 7.99. The largest absolute Gasteiger partial charge is 0.506 e. The minimum Gasteiger partial charge on any atom is -0.506 e. The smallest absolute Gasteiger partial charge is 0.344 e. The Morgan fingerprint density at radius 1 is 1.16 bits per heavy atom. The zero-order chi connectivity index (χ0) is 21.8. The molecule has 0 amide bonds. The fourth-order valence-electron chi connectivity index (χ4n) is 2.97. The minimum atomic E-state index is -0.621. The van der Waals surface area contributed by atoms with Gasteiger partial charge in [0.2, 0.25) is 0 Å². The van der Waals surface area contributed by atoms with Crippen LogP contribution in [0.15, 0.2) is 92.4 Å². The predicted molar refractivity (Wildman–Crippen MR) is 125 cm³/mol. The van der Waals surface area contributed by atoms with Gasteiger partial charge in [-0.1, -0.05) is 53.7 Å². The lowest BCUT2D eigenvalue weighted by Gasteiger charge is -2.03. The maximum Gasteiger partial charge on any atom is 0.344 e. The molecule has 1 N–H and O–H groups in total. The number of hydrogen-bond donors (Lipinski definition) is 1. The lowest BCUT2D eigenvalue weighted by atomic mass is 10.2. The molecule has 0 saturated carbocycles. The third-order valence-electron chi connectivity index (χ3n) is 4.37. The molecule has 0 atom stereocenters. The number of thioether (sulfide) groups is 1. The molecule has 1 aromatic heterocycles. The summed E-state index contributed by atoms with van der Waals surface area (Å²) >= 11 is 7.24. The molecule has 0 aliphatic carbocycles. The number of furan rings is 1. The maximum absolute atomic E-state index is 12.5. The number of rotatable bonds is 5. The van der Waals surface area contributed by atoms with E-state index in [0.29, 0.717) is 32.2 Å². The van der Waals surface area contributed by atoms with Crippen LogP contribution in [0.1, 0.15) is 12.7 Å². The maximum atomic E-state index is 12.5. The first-order valence-corrected chi connectivity index (χ1v) is 10.7. The molecule has 2 heterocycles. The van der Waals surface area contributed by atoms with Crippen LogP contribution in [0.4, 0.5) is 5.69 Å². The number of carbonyl (C=O) groups is 1. The van der Waals surface area contributed by atoms with Gasteiger partial charge >= 0.3 is 5.97 Å². The van der Waals surface area contributed by atoms with Crippen LogP contribution in [0.5, 0.6) is 0 Å². The summed E-state index contributed by atoms with van der Waals surface area (Å²) in [7, 11) is 0. The van der Waals surface area contributed by atoms with Crippen LogP contribution in [-0.4, -0.2) is 22.7 Å². The van der Waals surface area contributed by atoms with Gasteiger partial charge in [-0.3, -0.25) is 0 Å². The first-order chi connectivity index (χ1) is 15.0. The zero-order valence-electron chi connectivity index (χ0n) is 16.5. The summed E-state index contributed by atoms with van der Waals surface area (Å²) in [4.78, 5) is 17.4. The highest BCUT2D eigenvalue weighted by Gasteiger charge is 2.33. The van der Waals surface area contributed by atoms with Crippen molar-refractivity contribution in [2.45, 2.75) is 6.92 Å². The van der Waals surface area contributed by atoms with Gasteiger partial charge in [0, 0.05) is 10.6 Å². The van der Waals surface area contributed by atoms with E-state index in [4.69, 9.17) is 20.8 Å². The standard InChI is InChI=1S/C24H18ClNO4S/c1-2-29-24(28)21-22(27)20(31-23(21)26-17-9-4-3-5-10-17)14-18-11-12-19(30-18)15-7-6-8-16(25)13-15/h3-14,27H,2H2,1H3/b20-14-,26-23?. The predicted octanol–water partition coefficient (Wildman–Crippen LogP) is 6.79. The Balaban J connectivity index is 1.69. The summed E-state index contributed by atoms with van der Waals surface area (Å²) in [6.07, 6.45) is 1.67. The van der Waals surface area contributed by atoms with Crippen molar-refractivity contribution in [1.82, 2.24) is 0 Å². The number of carbonyl (C=O) groups excluding carboxylic acids is 1. The van der Waals surface area contributed by atoms with Crippen LogP contribution in [-0.2, 0) is 9.53 Å². The van der Waals surface area contributed by atoms with Gasteiger partial charge in [0.15, 0.2) is 0 Å². The molecule has 1 aliphatic heterocycles. The van der Waals surface area contributed by atoms with Crippen LogP contribution in [0, 0.1) is 0 Å². The first-order valence-electron chi connectivity index (χ1n) is 9.55. The molecule has 1 aliphatic rings. The molecule has 0 unspecified atom stereocenters. The lowest BCUT2D eigenvalue weighted by Crippen LogP contribution is -2.12. The van der Waals surface area contributed by atoms with Crippen LogP contribution >= 0.6 is 23.4 Å². The van der Waals surface area contributed by atoms with Crippen molar-refractivity contribution in [1.29, 1.82) is 0 Å². The minimum absolute atomic E-state index is 0.0450. The van der Waals surface area contributed by atoms with E-state index in [2.05, 4.69) is 4.99 Å². The molecule has 0 bridgehead atoms. The highest BCUT2D eigenvalue weighted by atomic mass is 35.5. The molecule has 0 fully saturated rings. The highest BCUT2D eigenvalue weighted by molar-refractivity contribution is 8.18. The van der Waals surface area contributed by atoms with E-state index in [1.165, 1.54) is 11.8 Å². The molecule has 156 valence electrons. The zero-order valence-corrected chi connectivity index (χ0v) is 18.1. The van der Waals surface area contributed by atoms with Gasteiger partial charge in [-0.2, -0.15) is 0 Å². The average Bonchev–Trinajstić information content (AvgIpc) is 3.34. The molecule has 0 saturated heterocycles. The number of nitrogens with zero attached hydrogens (tertiary/aromatic N) is 1. The second-order valence-electron chi connectivity index (χ2n) is 6.52. The van der Waals surface area contributed by atoms with E-state index >= 15 is 0 Å². The van der Waals surface area contributed by atoms with Gasteiger partial charge in [-0.15, -0.1) is 0 Å². The Morgan fingerprint density at radius 3 is 2.71 bits per heavy atom. The Bertz CT molecular complexity index is 1210. The number of hydrogen-bond acceptors (Lipinski definition) is 6. The second kappa shape index (κ2) is 9.29. The summed E-state index contributed by atoms with van der Waals surface area (Å²) in [6, 6.07) is 20.2. The fraction of sp³-hybridized carbons (Fsp3) is 0.0833. The summed E-state index contributed by atoms with van der Waals surface area (Å²) in [5.41, 5.74) is 1.56. The number of aliphatic hydroxyl groups is 1. The molecular weight excluding hydrogens is 434 g/mol. The number of ether oxygens (including phenoxy) is 1. The highest BCUT2D eigenvalue weighted by Crippen LogP contribution is 2.40. The number of aliphatic hydroxyl groups excluding tert-OH is 1. The average molecular weight is 452 g/mol. The van der Waals surface area contributed by atoms with Gasteiger partial charge in [-0.25, -0.2) is 9.79 Å².